The third-order valence-corrected chi connectivity index (χ3v) is 2.55. The quantitative estimate of drug-likeness (QED) is 0.672. The molecule has 0 aliphatic heterocycles. The first-order valence-corrected chi connectivity index (χ1v) is 6.19. The van der Waals surface area contributed by atoms with E-state index in [0.717, 1.165) is 6.42 Å². The second-order valence-corrected chi connectivity index (χ2v) is 5.47. The van der Waals surface area contributed by atoms with Gasteiger partial charge in [0.25, 0.3) is 0 Å². The van der Waals surface area contributed by atoms with Gasteiger partial charge in [0.1, 0.15) is 0 Å². The molecule has 0 aromatic rings. The highest BCUT2D eigenvalue weighted by Crippen LogP contribution is 2.14. The van der Waals surface area contributed by atoms with Crippen molar-refractivity contribution in [1.82, 2.24) is 5.32 Å². The summed E-state index contributed by atoms with van der Waals surface area (Å²) in [6.45, 7) is 10.2. The highest BCUT2D eigenvalue weighted by atomic mass is 16.2. The molecule has 2 heteroatoms. The van der Waals surface area contributed by atoms with Gasteiger partial charge < -0.3 is 5.32 Å². The van der Waals surface area contributed by atoms with Crippen LogP contribution in [0.3, 0.4) is 0 Å². The van der Waals surface area contributed by atoms with Crippen LogP contribution in [0.25, 0.3) is 0 Å². The van der Waals surface area contributed by atoms with Crippen molar-refractivity contribution in [2.45, 2.75) is 72.8 Å². The van der Waals surface area contributed by atoms with E-state index in [1.54, 1.807) is 0 Å². The Kier molecular flexibility index (Phi) is 6.62. The van der Waals surface area contributed by atoms with E-state index in [4.69, 9.17) is 0 Å². The number of hydrogen-bond acceptors (Lipinski definition) is 1. The lowest BCUT2D eigenvalue weighted by atomic mass is 9.95. The van der Waals surface area contributed by atoms with Gasteiger partial charge >= 0.3 is 0 Å². The molecule has 0 saturated heterocycles. The molecule has 0 rings (SSSR count). The molecule has 1 atom stereocenters. The lowest BCUT2D eigenvalue weighted by Crippen LogP contribution is -2.40. The maximum absolute atomic E-state index is 11.7. The molecule has 0 fully saturated rings. The molecule has 0 bridgehead atoms. The zero-order chi connectivity index (χ0) is 11.9. The second kappa shape index (κ2) is 6.86. The van der Waals surface area contributed by atoms with Crippen LogP contribution in [0.5, 0.6) is 0 Å². The maximum atomic E-state index is 11.7. The van der Waals surface area contributed by atoms with Crippen molar-refractivity contribution >= 4 is 5.91 Å². The Morgan fingerprint density at radius 3 is 2.27 bits per heavy atom. The molecule has 0 aromatic carbocycles. The summed E-state index contributed by atoms with van der Waals surface area (Å²) >= 11 is 0. The van der Waals surface area contributed by atoms with E-state index in [1.165, 1.54) is 25.7 Å². The van der Waals surface area contributed by atoms with Crippen molar-refractivity contribution in [2.75, 3.05) is 0 Å². The Bertz CT molecular complexity index is 181. The van der Waals surface area contributed by atoms with Crippen LogP contribution < -0.4 is 5.32 Å². The number of unbranched alkanes of at least 4 members (excludes halogenated alkanes) is 3. The number of carbonyl (C=O) groups is 1. The Hall–Kier alpha value is -0.530. The van der Waals surface area contributed by atoms with Crippen LogP contribution in [0.1, 0.15) is 66.7 Å². The zero-order valence-electron chi connectivity index (χ0n) is 11.0. The number of carbonyl (C=O) groups excluding carboxylic acids is 1. The third kappa shape index (κ3) is 7.40. The van der Waals surface area contributed by atoms with Crippen LogP contribution in [0.4, 0.5) is 0 Å². The largest absolute Gasteiger partial charge is 0.353 e. The van der Waals surface area contributed by atoms with Gasteiger partial charge in [-0.1, -0.05) is 53.4 Å². The van der Waals surface area contributed by atoms with Crippen molar-refractivity contribution in [3.8, 4) is 0 Å². The molecule has 2 nitrogen and oxygen atoms in total. The minimum Gasteiger partial charge on any atom is -0.353 e. The first-order valence-electron chi connectivity index (χ1n) is 6.19. The van der Waals surface area contributed by atoms with Crippen LogP contribution in [-0.2, 0) is 4.79 Å². The fraction of sp³-hybridized carbons (Fsp3) is 0.923. The minimum absolute atomic E-state index is 0.158. The molecule has 1 amide bonds. The summed E-state index contributed by atoms with van der Waals surface area (Å²) in [6, 6.07) is 0.314. The summed E-state index contributed by atoms with van der Waals surface area (Å²) in [5.41, 5.74) is -0.266. The van der Waals surface area contributed by atoms with E-state index in [1.807, 2.05) is 20.8 Å². The average molecular weight is 213 g/mol. The summed E-state index contributed by atoms with van der Waals surface area (Å²) < 4.78 is 0. The van der Waals surface area contributed by atoms with Crippen LogP contribution >= 0.6 is 0 Å². The first kappa shape index (κ1) is 14.5. The SMILES string of the molecule is CCCCCCC(C)NC(=O)C(C)(C)C. The van der Waals surface area contributed by atoms with E-state index in [-0.39, 0.29) is 11.3 Å². The normalized spacial score (nSPS) is 13.7. The number of amides is 1. The van der Waals surface area contributed by atoms with Gasteiger partial charge in [-0.05, 0) is 13.3 Å². The Morgan fingerprint density at radius 1 is 1.20 bits per heavy atom. The summed E-state index contributed by atoms with van der Waals surface area (Å²) in [5, 5.41) is 3.06. The van der Waals surface area contributed by atoms with Gasteiger partial charge in [-0.15, -0.1) is 0 Å². The van der Waals surface area contributed by atoms with Crippen LogP contribution in [0.2, 0.25) is 0 Å². The molecule has 1 unspecified atom stereocenters. The van der Waals surface area contributed by atoms with Crippen LogP contribution in [0.15, 0.2) is 0 Å². The van der Waals surface area contributed by atoms with Crippen molar-refractivity contribution < 1.29 is 4.79 Å². The molecule has 0 radical (unpaired) electrons. The average Bonchev–Trinajstić information content (AvgIpc) is 2.11. The smallest absolute Gasteiger partial charge is 0.225 e. The Balaban J connectivity index is 3.65. The summed E-state index contributed by atoms with van der Waals surface area (Å²) in [4.78, 5) is 11.7. The van der Waals surface area contributed by atoms with Gasteiger partial charge in [0.2, 0.25) is 5.91 Å². The maximum Gasteiger partial charge on any atom is 0.225 e. The molecule has 0 heterocycles. The predicted octanol–water partition coefficient (Wildman–Crippen LogP) is 3.51. The van der Waals surface area contributed by atoms with Gasteiger partial charge in [-0.25, -0.2) is 0 Å². The lowest BCUT2D eigenvalue weighted by molar-refractivity contribution is -0.129. The van der Waals surface area contributed by atoms with Crippen molar-refractivity contribution in [1.29, 1.82) is 0 Å². The van der Waals surface area contributed by atoms with E-state index >= 15 is 0 Å². The van der Waals surface area contributed by atoms with Crippen molar-refractivity contribution in [3.63, 3.8) is 0 Å². The highest BCUT2D eigenvalue weighted by Gasteiger charge is 2.22. The van der Waals surface area contributed by atoms with Gasteiger partial charge in [0.15, 0.2) is 0 Å². The third-order valence-electron chi connectivity index (χ3n) is 2.55. The zero-order valence-corrected chi connectivity index (χ0v) is 11.0. The van der Waals surface area contributed by atoms with Crippen molar-refractivity contribution in [2.24, 2.45) is 5.41 Å². The minimum atomic E-state index is -0.266. The fourth-order valence-corrected chi connectivity index (χ4v) is 1.39. The van der Waals surface area contributed by atoms with E-state index in [9.17, 15) is 4.79 Å². The highest BCUT2D eigenvalue weighted by molar-refractivity contribution is 5.81. The Morgan fingerprint density at radius 2 is 1.80 bits per heavy atom. The molecule has 0 aliphatic carbocycles. The van der Waals surface area contributed by atoms with E-state index in [2.05, 4.69) is 19.2 Å². The van der Waals surface area contributed by atoms with E-state index < -0.39 is 0 Å². The summed E-state index contributed by atoms with van der Waals surface area (Å²) in [7, 11) is 0. The molecular weight excluding hydrogens is 186 g/mol. The van der Waals surface area contributed by atoms with Gasteiger partial charge in [0, 0.05) is 11.5 Å². The fourth-order valence-electron chi connectivity index (χ4n) is 1.39. The molecule has 1 N–H and O–H groups in total. The molecule has 0 aromatic heterocycles. The van der Waals surface area contributed by atoms with Gasteiger partial charge in [-0.2, -0.15) is 0 Å². The van der Waals surface area contributed by atoms with Gasteiger partial charge in [-0.3, -0.25) is 4.79 Å². The molecule has 0 saturated carbocycles. The molecule has 90 valence electrons. The van der Waals surface area contributed by atoms with E-state index in [0.29, 0.717) is 6.04 Å². The topological polar surface area (TPSA) is 29.1 Å². The van der Waals surface area contributed by atoms with Crippen LogP contribution in [-0.4, -0.2) is 11.9 Å². The lowest BCUT2D eigenvalue weighted by Gasteiger charge is -2.21. The number of rotatable bonds is 6. The standard InChI is InChI=1S/C13H27NO/c1-6-7-8-9-10-11(2)14-12(15)13(3,4)5/h11H,6-10H2,1-5H3,(H,14,15). The monoisotopic (exact) mass is 213 g/mol. The first-order chi connectivity index (χ1) is 6.88. The van der Waals surface area contributed by atoms with Crippen LogP contribution in [0, 0.1) is 5.41 Å². The predicted molar refractivity (Wildman–Crippen MR) is 65.8 cm³/mol. The second-order valence-electron chi connectivity index (χ2n) is 5.47. The van der Waals surface area contributed by atoms with Crippen molar-refractivity contribution in [3.05, 3.63) is 0 Å². The Labute approximate surface area is 94.8 Å². The molecule has 0 aliphatic rings. The number of nitrogens with one attached hydrogen (secondary N) is 1. The summed E-state index contributed by atoms with van der Waals surface area (Å²) in [6.07, 6.45) is 6.18. The number of hydrogen-bond donors (Lipinski definition) is 1. The summed E-state index contributed by atoms with van der Waals surface area (Å²) in [5.74, 6) is 0.158. The molecular formula is C13H27NO. The van der Waals surface area contributed by atoms with Gasteiger partial charge in [0.05, 0.1) is 0 Å². The molecule has 0 spiro atoms. The molecule has 15 heavy (non-hydrogen) atoms.